The molecule has 3 unspecified atom stereocenters. The Morgan fingerprint density at radius 1 is 0.767 bits per heavy atom. The summed E-state index contributed by atoms with van der Waals surface area (Å²) in [6, 6.07) is 11.0. The Bertz CT molecular complexity index is 2170. The molecular weight excluding hydrogens is 765 g/mol. The molecular formula is C45H56N8O7. The number of amides is 4. The van der Waals surface area contributed by atoms with Crippen LogP contribution in [0.2, 0.25) is 0 Å². The lowest BCUT2D eigenvalue weighted by Gasteiger charge is -2.31. The van der Waals surface area contributed by atoms with Crippen LogP contribution in [0.25, 0.3) is 22.5 Å². The van der Waals surface area contributed by atoms with E-state index in [0.717, 1.165) is 140 Å². The van der Waals surface area contributed by atoms with Gasteiger partial charge in [0, 0.05) is 37.1 Å². The lowest BCUT2D eigenvalue weighted by molar-refractivity contribution is -0.135. The van der Waals surface area contributed by atoms with Gasteiger partial charge >= 0.3 is 12.2 Å². The highest BCUT2D eigenvalue weighted by Crippen LogP contribution is 2.41. The molecule has 2 aliphatic carbocycles. The lowest BCUT2D eigenvalue weighted by Crippen LogP contribution is -2.51. The van der Waals surface area contributed by atoms with Gasteiger partial charge in [0.2, 0.25) is 11.8 Å². The van der Waals surface area contributed by atoms with E-state index in [1.165, 1.54) is 14.2 Å². The van der Waals surface area contributed by atoms with Crippen LogP contribution in [0.3, 0.4) is 0 Å². The summed E-state index contributed by atoms with van der Waals surface area (Å²) < 4.78 is 16.1. The molecule has 3 atom stereocenters. The lowest BCUT2D eigenvalue weighted by atomic mass is 9.96. The van der Waals surface area contributed by atoms with Crippen molar-refractivity contribution in [1.29, 1.82) is 0 Å². The largest absolute Gasteiger partial charge is 0.457 e. The molecule has 4 aliphatic rings. The maximum absolute atomic E-state index is 13.9. The first kappa shape index (κ1) is 40.9. The fourth-order valence-corrected chi connectivity index (χ4v) is 9.52. The average Bonchev–Trinajstić information content (AvgIpc) is 4.13. The molecule has 0 bridgehead atoms. The molecule has 0 radical (unpaired) electrons. The zero-order chi connectivity index (χ0) is 41.6. The van der Waals surface area contributed by atoms with E-state index in [2.05, 4.69) is 55.2 Å². The number of methoxy groups -OCH3 is 2. The van der Waals surface area contributed by atoms with E-state index in [1.54, 1.807) is 0 Å². The van der Waals surface area contributed by atoms with Gasteiger partial charge in [-0.1, -0.05) is 37.8 Å². The van der Waals surface area contributed by atoms with Crippen LogP contribution in [0, 0.1) is 11.8 Å². The first-order valence-corrected chi connectivity index (χ1v) is 21.6. The van der Waals surface area contributed by atoms with Crippen LogP contribution in [0.15, 0.2) is 48.8 Å². The van der Waals surface area contributed by atoms with E-state index >= 15 is 0 Å². The van der Waals surface area contributed by atoms with Crippen molar-refractivity contribution in [3.05, 3.63) is 71.6 Å². The SMILES string of the molecule is COC(=O)NC(C(=O)NCCCCc1ncc(-c2ccc3c(c2)Oc2ccc(-c4cnc(C5CCCN5C(=O)C(NC(=O)OC)C5CCCC5)[nH]4)cc2C3)[nH]1)C1CCCC1. The van der Waals surface area contributed by atoms with Crippen molar-refractivity contribution < 1.29 is 33.4 Å². The summed E-state index contributed by atoms with van der Waals surface area (Å²) >= 11 is 0. The van der Waals surface area contributed by atoms with Gasteiger partial charge in [-0.15, -0.1) is 0 Å². The van der Waals surface area contributed by atoms with Crippen molar-refractivity contribution in [2.45, 2.75) is 108 Å². The summed E-state index contributed by atoms with van der Waals surface area (Å²) in [5.41, 5.74) is 5.91. The summed E-state index contributed by atoms with van der Waals surface area (Å²) in [6.07, 6.45) is 15.2. The van der Waals surface area contributed by atoms with Crippen molar-refractivity contribution in [1.82, 2.24) is 40.8 Å². The molecule has 0 spiro atoms. The van der Waals surface area contributed by atoms with Crippen LogP contribution in [0.4, 0.5) is 9.59 Å². The molecule has 1 saturated heterocycles. The Labute approximate surface area is 350 Å². The molecule has 15 heteroatoms. The minimum absolute atomic E-state index is 0.0657. The van der Waals surface area contributed by atoms with Crippen LogP contribution < -0.4 is 20.7 Å². The van der Waals surface area contributed by atoms with Crippen LogP contribution in [0.1, 0.15) is 106 Å². The molecule has 8 rings (SSSR count). The molecule has 2 saturated carbocycles. The molecule has 60 heavy (non-hydrogen) atoms. The number of carbonyl (C=O) groups excluding carboxylic acids is 4. The number of rotatable bonds is 14. The van der Waals surface area contributed by atoms with Crippen molar-refractivity contribution in [2.24, 2.45) is 11.8 Å². The third kappa shape index (κ3) is 9.14. The third-order valence-corrected chi connectivity index (χ3v) is 12.8. The Kier molecular flexibility index (Phi) is 12.7. The zero-order valence-electron chi connectivity index (χ0n) is 34.5. The predicted octanol–water partition coefficient (Wildman–Crippen LogP) is 7.10. The highest BCUT2D eigenvalue weighted by Gasteiger charge is 2.40. The Morgan fingerprint density at radius 3 is 2.18 bits per heavy atom. The first-order valence-electron chi connectivity index (χ1n) is 21.6. The van der Waals surface area contributed by atoms with Gasteiger partial charge < -0.3 is 45.0 Å². The number of benzene rings is 2. The zero-order valence-corrected chi connectivity index (χ0v) is 34.5. The summed E-state index contributed by atoms with van der Waals surface area (Å²) in [5, 5.41) is 8.58. The molecule has 4 heterocycles. The Morgan fingerprint density at radius 2 is 1.43 bits per heavy atom. The van der Waals surface area contributed by atoms with E-state index in [0.29, 0.717) is 19.5 Å². The first-order chi connectivity index (χ1) is 29.3. The van der Waals surface area contributed by atoms with E-state index in [4.69, 9.17) is 19.2 Å². The molecule has 4 amide bonds. The summed E-state index contributed by atoms with van der Waals surface area (Å²) in [6.45, 7) is 1.14. The van der Waals surface area contributed by atoms with Crippen molar-refractivity contribution in [3.63, 3.8) is 0 Å². The van der Waals surface area contributed by atoms with E-state index in [-0.39, 0.29) is 29.7 Å². The second-order valence-electron chi connectivity index (χ2n) is 16.6. The molecule has 318 valence electrons. The van der Waals surface area contributed by atoms with E-state index < -0.39 is 24.3 Å². The Hall–Kier alpha value is -5.86. The van der Waals surface area contributed by atoms with Crippen LogP contribution in [-0.2, 0) is 31.9 Å². The number of unbranched alkanes of at least 4 members (excludes halogenated alkanes) is 1. The number of aromatic nitrogens is 4. The number of ether oxygens (including phenoxy) is 3. The second kappa shape index (κ2) is 18.6. The average molecular weight is 821 g/mol. The number of aryl methyl sites for hydroxylation is 1. The quantitative estimate of drug-likeness (QED) is 0.0728. The van der Waals surface area contributed by atoms with Gasteiger partial charge in [0.1, 0.15) is 35.2 Å². The number of hydrogen-bond acceptors (Lipinski definition) is 9. The van der Waals surface area contributed by atoms with Crippen molar-refractivity contribution >= 4 is 24.0 Å². The number of alkyl carbamates (subject to hydrolysis) is 2. The normalized spacial score (nSPS) is 18.6. The molecule has 2 aliphatic heterocycles. The topological polar surface area (TPSA) is 193 Å². The molecule has 2 aromatic heterocycles. The highest BCUT2D eigenvalue weighted by molar-refractivity contribution is 5.87. The fraction of sp³-hybridized carbons (Fsp3) is 0.511. The maximum atomic E-state index is 13.9. The number of H-pyrrole nitrogens is 2. The highest BCUT2D eigenvalue weighted by atomic mass is 16.5. The molecule has 3 fully saturated rings. The van der Waals surface area contributed by atoms with Gasteiger partial charge in [0.25, 0.3) is 0 Å². The van der Waals surface area contributed by atoms with Crippen molar-refractivity contribution in [3.8, 4) is 34.0 Å². The van der Waals surface area contributed by atoms with Gasteiger partial charge in [0.15, 0.2) is 0 Å². The van der Waals surface area contributed by atoms with Crippen LogP contribution in [-0.4, -0.2) is 88.2 Å². The van der Waals surface area contributed by atoms with Crippen molar-refractivity contribution in [2.75, 3.05) is 27.3 Å². The summed E-state index contributed by atoms with van der Waals surface area (Å²) in [4.78, 5) is 69.2. The monoisotopic (exact) mass is 820 g/mol. The molecule has 2 aromatic carbocycles. The van der Waals surface area contributed by atoms with Crippen LogP contribution in [0.5, 0.6) is 11.5 Å². The number of imidazole rings is 2. The van der Waals surface area contributed by atoms with Gasteiger partial charge in [-0.2, -0.15) is 0 Å². The number of aromatic amines is 2. The minimum atomic E-state index is -0.601. The van der Waals surface area contributed by atoms with Crippen LogP contribution >= 0.6 is 0 Å². The predicted molar refractivity (Wildman–Crippen MR) is 223 cm³/mol. The van der Waals surface area contributed by atoms with E-state index in [1.807, 2.05) is 29.4 Å². The van der Waals surface area contributed by atoms with Gasteiger partial charge in [-0.3, -0.25) is 9.59 Å². The van der Waals surface area contributed by atoms with E-state index in [9.17, 15) is 19.2 Å². The number of fused-ring (bicyclic) bond motifs is 2. The van der Waals surface area contributed by atoms with Gasteiger partial charge in [-0.05, 0) is 98.6 Å². The molecule has 5 N–H and O–H groups in total. The maximum Gasteiger partial charge on any atom is 0.407 e. The minimum Gasteiger partial charge on any atom is -0.457 e. The summed E-state index contributed by atoms with van der Waals surface area (Å²) in [7, 11) is 2.64. The number of hydrogen-bond donors (Lipinski definition) is 5. The number of nitrogens with one attached hydrogen (secondary N) is 5. The second-order valence-corrected chi connectivity index (χ2v) is 16.6. The Balaban J connectivity index is 0.852. The standard InChI is InChI=1S/C45H56N8O7/c1-58-44(56)51-39(27-10-3-4-11-27)42(54)46-20-8-7-15-38-47-25-33(49-38)30-16-17-31-23-32-22-29(18-19-36(32)60-37(31)24-30)34-26-48-41(50-34)35-14-9-21-53(35)43(55)40(52-45(57)59-2)28-12-5-6-13-28/h16-19,22,24-28,35,39-40H,3-15,20-21,23H2,1-2H3,(H,46,54)(H,47,49)(H,48,50)(H,51,56)(H,52,57). The third-order valence-electron chi connectivity index (χ3n) is 12.8. The number of nitrogens with zero attached hydrogens (tertiary/aromatic N) is 3. The number of carbonyl (C=O) groups is 4. The summed E-state index contributed by atoms with van der Waals surface area (Å²) in [5.74, 6) is 3.26. The van der Waals surface area contributed by atoms with Gasteiger partial charge in [-0.25, -0.2) is 19.6 Å². The molecule has 4 aromatic rings. The number of likely N-dealkylation sites (tertiary alicyclic amines) is 1. The molecule has 15 nitrogen and oxygen atoms in total. The fourth-order valence-electron chi connectivity index (χ4n) is 9.52. The smallest absolute Gasteiger partial charge is 0.407 e. The van der Waals surface area contributed by atoms with Gasteiger partial charge in [0.05, 0.1) is 44.0 Å².